The highest BCUT2D eigenvalue weighted by Gasteiger charge is 2.31. The van der Waals surface area contributed by atoms with Gasteiger partial charge in [-0.2, -0.15) is 0 Å². The van der Waals surface area contributed by atoms with Gasteiger partial charge in [-0.3, -0.25) is 4.90 Å². The monoisotopic (exact) mass is 302 g/mol. The van der Waals surface area contributed by atoms with Crippen LogP contribution in [0, 0.1) is 17.6 Å². The number of hydrogen-bond acceptors (Lipinski definition) is 2. The summed E-state index contributed by atoms with van der Waals surface area (Å²) in [6.45, 7) is 3.77. The maximum absolute atomic E-state index is 14.0. The van der Waals surface area contributed by atoms with E-state index in [1.807, 2.05) is 0 Å². The highest BCUT2D eigenvalue weighted by atomic mass is 35.5. The minimum Gasteiger partial charge on any atom is -0.314 e. The van der Waals surface area contributed by atoms with Crippen molar-refractivity contribution < 1.29 is 8.78 Å². The van der Waals surface area contributed by atoms with Gasteiger partial charge in [0.15, 0.2) is 0 Å². The Bertz CT molecular complexity index is 445. The Balaban J connectivity index is 0.00000147. The van der Waals surface area contributed by atoms with Gasteiger partial charge in [-0.1, -0.05) is 18.9 Å². The van der Waals surface area contributed by atoms with Gasteiger partial charge >= 0.3 is 0 Å². The molecular formula is C15H21ClF2N2. The van der Waals surface area contributed by atoms with E-state index in [9.17, 15) is 8.78 Å². The second-order valence-corrected chi connectivity index (χ2v) is 5.65. The van der Waals surface area contributed by atoms with E-state index in [0.29, 0.717) is 5.56 Å². The molecule has 2 nitrogen and oxygen atoms in total. The normalized spacial score (nSPS) is 21.3. The summed E-state index contributed by atoms with van der Waals surface area (Å²) >= 11 is 0. The molecule has 112 valence electrons. The zero-order valence-electron chi connectivity index (χ0n) is 11.4. The maximum Gasteiger partial charge on any atom is 0.130 e. The first-order valence-corrected chi connectivity index (χ1v) is 7.14. The zero-order chi connectivity index (χ0) is 13.2. The van der Waals surface area contributed by atoms with Crippen molar-refractivity contribution in [3.05, 3.63) is 35.4 Å². The summed E-state index contributed by atoms with van der Waals surface area (Å²) in [5, 5.41) is 3.32. The molecule has 1 aliphatic carbocycles. The molecule has 1 N–H and O–H groups in total. The number of benzene rings is 1. The van der Waals surface area contributed by atoms with Gasteiger partial charge in [-0.25, -0.2) is 8.78 Å². The predicted octanol–water partition coefficient (Wildman–Crippen LogP) is 3.13. The zero-order valence-corrected chi connectivity index (χ0v) is 12.3. The van der Waals surface area contributed by atoms with Crippen molar-refractivity contribution in [3.63, 3.8) is 0 Å². The van der Waals surface area contributed by atoms with E-state index in [1.54, 1.807) is 6.07 Å². The summed E-state index contributed by atoms with van der Waals surface area (Å²) in [5.41, 5.74) is 0.662. The number of nitrogens with zero attached hydrogens (tertiary/aromatic N) is 1. The van der Waals surface area contributed by atoms with Gasteiger partial charge in [0.1, 0.15) is 11.6 Å². The molecule has 1 heterocycles. The molecule has 1 aliphatic heterocycles. The number of nitrogens with one attached hydrogen (secondary N) is 1. The predicted molar refractivity (Wildman–Crippen MR) is 78.1 cm³/mol. The first kappa shape index (κ1) is 15.7. The summed E-state index contributed by atoms with van der Waals surface area (Å²) in [4.78, 5) is 2.34. The van der Waals surface area contributed by atoms with Crippen molar-refractivity contribution in [2.45, 2.75) is 25.3 Å². The number of halogens is 3. The largest absolute Gasteiger partial charge is 0.314 e. The lowest BCUT2D eigenvalue weighted by molar-refractivity contribution is 0.157. The molecule has 0 aromatic heterocycles. The van der Waals surface area contributed by atoms with Crippen LogP contribution in [-0.2, 0) is 0 Å². The molecule has 5 heteroatoms. The SMILES string of the molecule is Cl.Fc1ccc([C@@H](CC2CC2)N2CCNCC2)c(F)c1. The van der Waals surface area contributed by atoms with Crippen molar-refractivity contribution in [1.82, 2.24) is 10.2 Å². The van der Waals surface area contributed by atoms with Gasteiger partial charge in [-0.05, 0) is 18.4 Å². The summed E-state index contributed by atoms with van der Waals surface area (Å²) < 4.78 is 27.1. The van der Waals surface area contributed by atoms with E-state index < -0.39 is 11.6 Å². The highest BCUT2D eigenvalue weighted by Crippen LogP contribution is 2.40. The molecule has 20 heavy (non-hydrogen) atoms. The second-order valence-electron chi connectivity index (χ2n) is 5.65. The molecule has 3 rings (SSSR count). The Kier molecular flexibility index (Phi) is 5.35. The average Bonchev–Trinajstić information content (AvgIpc) is 3.22. The Morgan fingerprint density at radius 1 is 1.20 bits per heavy atom. The minimum absolute atomic E-state index is 0. The standard InChI is InChI=1S/C15H20F2N2.ClH/c16-12-3-4-13(14(17)10-12)15(9-11-1-2-11)19-7-5-18-6-8-19;/h3-4,10-11,15,18H,1-2,5-9H2;1H/t15-;/m1./s1. The molecule has 2 fully saturated rings. The third kappa shape index (κ3) is 3.68. The molecule has 1 saturated carbocycles. The first-order valence-electron chi connectivity index (χ1n) is 7.14. The van der Waals surface area contributed by atoms with Crippen LogP contribution in [0.15, 0.2) is 18.2 Å². The van der Waals surface area contributed by atoms with Crippen LogP contribution in [0.25, 0.3) is 0 Å². The van der Waals surface area contributed by atoms with Crippen LogP contribution in [-0.4, -0.2) is 31.1 Å². The molecule has 0 radical (unpaired) electrons. The molecular weight excluding hydrogens is 282 g/mol. The van der Waals surface area contributed by atoms with Crippen molar-refractivity contribution in [2.24, 2.45) is 5.92 Å². The van der Waals surface area contributed by atoms with Crippen molar-refractivity contribution in [3.8, 4) is 0 Å². The third-order valence-electron chi connectivity index (χ3n) is 4.17. The van der Waals surface area contributed by atoms with E-state index >= 15 is 0 Å². The molecule has 1 atom stereocenters. The fourth-order valence-corrected chi connectivity index (χ4v) is 2.91. The van der Waals surface area contributed by atoms with Gasteiger partial charge in [-0.15, -0.1) is 12.4 Å². The quantitative estimate of drug-likeness (QED) is 0.919. The molecule has 1 aromatic rings. The van der Waals surface area contributed by atoms with E-state index in [2.05, 4.69) is 10.2 Å². The fraction of sp³-hybridized carbons (Fsp3) is 0.600. The van der Waals surface area contributed by atoms with Crippen LogP contribution in [0.4, 0.5) is 8.78 Å². The van der Waals surface area contributed by atoms with Crippen molar-refractivity contribution in [1.29, 1.82) is 0 Å². The fourth-order valence-electron chi connectivity index (χ4n) is 2.91. The molecule has 2 aliphatic rings. The lowest BCUT2D eigenvalue weighted by atomic mass is 9.98. The lowest BCUT2D eigenvalue weighted by Gasteiger charge is -2.35. The average molecular weight is 303 g/mol. The first-order chi connectivity index (χ1) is 9.24. The second kappa shape index (κ2) is 6.83. The minimum atomic E-state index is -0.494. The topological polar surface area (TPSA) is 15.3 Å². The van der Waals surface area contributed by atoms with Gasteiger partial charge in [0.25, 0.3) is 0 Å². The van der Waals surface area contributed by atoms with Gasteiger partial charge in [0, 0.05) is 43.9 Å². The van der Waals surface area contributed by atoms with Crippen LogP contribution in [0.1, 0.15) is 30.9 Å². The van der Waals surface area contributed by atoms with E-state index in [1.165, 1.54) is 18.9 Å². The van der Waals surface area contributed by atoms with E-state index in [-0.39, 0.29) is 18.4 Å². The summed E-state index contributed by atoms with van der Waals surface area (Å²) in [5.74, 6) is -0.166. The van der Waals surface area contributed by atoms with Gasteiger partial charge < -0.3 is 5.32 Å². The summed E-state index contributed by atoms with van der Waals surface area (Å²) in [6.07, 6.45) is 3.51. The molecule has 1 aromatic carbocycles. The van der Waals surface area contributed by atoms with Crippen molar-refractivity contribution in [2.75, 3.05) is 26.2 Å². The number of piperazine rings is 1. The molecule has 1 saturated heterocycles. The molecule has 0 unspecified atom stereocenters. The van der Waals surface area contributed by atoms with Crippen LogP contribution in [0.5, 0.6) is 0 Å². The van der Waals surface area contributed by atoms with Crippen molar-refractivity contribution >= 4 is 12.4 Å². The van der Waals surface area contributed by atoms with Crippen LogP contribution in [0.3, 0.4) is 0 Å². The highest BCUT2D eigenvalue weighted by molar-refractivity contribution is 5.85. The Morgan fingerprint density at radius 2 is 1.90 bits per heavy atom. The third-order valence-corrected chi connectivity index (χ3v) is 4.17. The summed E-state index contributed by atoms with van der Waals surface area (Å²) in [7, 11) is 0. The van der Waals surface area contributed by atoms with E-state index in [4.69, 9.17) is 0 Å². The number of rotatable bonds is 4. The molecule has 0 amide bonds. The van der Waals surface area contributed by atoms with Gasteiger partial charge in [0.2, 0.25) is 0 Å². The number of hydrogen-bond donors (Lipinski definition) is 1. The maximum atomic E-state index is 14.0. The van der Waals surface area contributed by atoms with Crippen LogP contribution >= 0.6 is 12.4 Å². The summed E-state index contributed by atoms with van der Waals surface area (Å²) in [6, 6.07) is 4.12. The van der Waals surface area contributed by atoms with Crippen LogP contribution < -0.4 is 5.32 Å². The molecule has 0 spiro atoms. The molecule has 0 bridgehead atoms. The Labute approximate surface area is 124 Å². The van der Waals surface area contributed by atoms with Gasteiger partial charge in [0.05, 0.1) is 0 Å². The Hall–Kier alpha value is -0.710. The Morgan fingerprint density at radius 3 is 2.50 bits per heavy atom. The smallest absolute Gasteiger partial charge is 0.130 e. The van der Waals surface area contributed by atoms with Crippen LogP contribution in [0.2, 0.25) is 0 Å². The van der Waals surface area contributed by atoms with E-state index in [0.717, 1.165) is 44.6 Å². The lowest BCUT2D eigenvalue weighted by Crippen LogP contribution is -2.45.